The van der Waals surface area contributed by atoms with Crippen molar-refractivity contribution in [3.8, 4) is 5.75 Å². The second-order valence-electron chi connectivity index (χ2n) is 3.44. The second kappa shape index (κ2) is 4.52. The molecule has 0 radical (unpaired) electrons. The van der Waals surface area contributed by atoms with Gasteiger partial charge < -0.3 is 15.5 Å². The number of pyridine rings is 1. The van der Waals surface area contributed by atoms with Crippen LogP contribution in [0.2, 0.25) is 0 Å². The number of carbonyl (C=O) groups is 1. The lowest BCUT2D eigenvalue weighted by atomic mass is 10.2. The zero-order valence-corrected chi connectivity index (χ0v) is 8.79. The standard InChI is InChI=1S/C12H10N2O3/c15-11-3-1-9(2-4-11)14-10-5-8(12(16)17)6-13-7-10/h1-7,14-15H,(H,16,17). The summed E-state index contributed by atoms with van der Waals surface area (Å²) in [7, 11) is 0. The summed E-state index contributed by atoms with van der Waals surface area (Å²) in [4.78, 5) is 14.6. The van der Waals surface area contributed by atoms with Crippen LogP contribution in [0.3, 0.4) is 0 Å². The molecule has 2 aromatic rings. The first kappa shape index (κ1) is 10.9. The number of aromatic hydroxyl groups is 1. The zero-order chi connectivity index (χ0) is 12.3. The first-order valence-electron chi connectivity index (χ1n) is 4.89. The lowest BCUT2D eigenvalue weighted by Crippen LogP contribution is -1.99. The average Bonchev–Trinajstić information content (AvgIpc) is 2.32. The molecule has 0 amide bonds. The van der Waals surface area contributed by atoms with Crippen molar-refractivity contribution in [3.63, 3.8) is 0 Å². The lowest BCUT2D eigenvalue weighted by molar-refractivity contribution is 0.0696. The number of phenols is 1. The predicted molar refractivity (Wildman–Crippen MR) is 62.6 cm³/mol. The van der Waals surface area contributed by atoms with Gasteiger partial charge in [-0.15, -0.1) is 0 Å². The van der Waals surface area contributed by atoms with Crippen molar-refractivity contribution < 1.29 is 15.0 Å². The summed E-state index contributed by atoms with van der Waals surface area (Å²) >= 11 is 0. The van der Waals surface area contributed by atoms with Gasteiger partial charge in [-0.25, -0.2) is 4.79 Å². The fourth-order valence-corrected chi connectivity index (χ4v) is 1.34. The number of benzene rings is 1. The van der Waals surface area contributed by atoms with E-state index in [9.17, 15) is 4.79 Å². The van der Waals surface area contributed by atoms with E-state index in [1.54, 1.807) is 12.1 Å². The summed E-state index contributed by atoms with van der Waals surface area (Å²) in [5.74, 6) is -0.847. The Morgan fingerprint density at radius 1 is 1.12 bits per heavy atom. The van der Waals surface area contributed by atoms with E-state index in [1.807, 2.05) is 0 Å². The van der Waals surface area contributed by atoms with Crippen molar-refractivity contribution in [2.45, 2.75) is 0 Å². The minimum absolute atomic E-state index is 0.119. The lowest BCUT2D eigenvalue weighted by Gasteiger charge is -2.06. The molecule has 0 saturated carbocycles. The number of phenolic OH excluding ortho intramolecular Hbond substituents is 1. The van der Waals surface area contributed by atoms with Gasteiger partial charge in [-0.2, -0.15) is 0 Å². The molecule has 0 unspecified atom stereocenters. The SMILES string of the molecule is O=C(O)c1cncc(Nc2ccc(O)cc2)c1. The van der Waals surface area contributed by atoms with Crippen LogP contribution in [0.5, 0.6) is 5.75 Å². The molecular weight excluding hydrogens is 220 g/mol. The summed E-state index contributed by atoms with van der Waals surface area (Å²) in [5, 5.41) is 20.9. The first-order valence-corrected chi connectivity index (χ1v) is 4.89. The van der Waals surface area contributed by atoms with Gasteiger partial charge >= 0.3 is 5.97 Å². The molecule has 1 aromatic heterocycles. The highest BCUT2D eigenvalue weighted by Gasteiger charge is 2.04. The van der Waals surface area contributed by atoms with Crippen LogP contribution in [0.25, 0.3) is 0 Å². The average molecular weight is 230 g/mol. The van der Waals surface area contributed by atoms with E-state index >= 15 is 0 Å². The topological polar surface area (TPSA) is 82.5 Å². The monoisotopic (exact) mass is 230 g/mol. The maximum Gasteiger partial charge on any atom is 0.337 e. The molecule has 0 bridgehead atoms. The molecule has 86 valence electrons. The van der Waals surface area contributed by atoms with Gasteiger partial charge in [0, 0.05) is 11.9 Å². The van der Waals surface area contributed by atoms with E-state index in [0.29, 0.717) is 5.69 Å². The van der Waals surface area contributed by atoms with Crippen molar-refractivity contribution in [2.24, 2.45) is 0 Å². The third kappa shape index (κ3) is 2.72. The summed E-state index contributed by atoms with van der Waals surface area (Å²) in [6, 6.07) is 7.93. The normalized spacial score (nSPS) is 9.88. The molecule has 0 atom stereocenters. The van der Waals surface area contributed by atoms with Gasteiger partial charge in [0.2, 0.25) is 0 Å². The molecule has 5 nitrogen and oxygen atoms in total. The number of nitrogens with zero attached hydrogens (tertiary/aromatic N) is 1. The Balaban J connectivity index is 2.21. The summed E-state index contributed by atoms with van der Waals surface area (Å²) < 4.78 is 0. The van der Waals surface area contributed by atoms with Gasteiger partial charge in [-0.3, -0.25) is 4.98 Å². The third-order valence-electron chi connectivity index (χ3n) is 2.14. The molecule has 0 spiro atoms. The van der Waals surface area contributed by atoms with E-state index < -0.39 is 5.97 Å². The molecule has 5 heteroatoms. The van der Waals surface area contributed by atoms with E-state index in [4.69, 9.17) is 10.2 Å². The number of hydrogen-bond acceptors (Lipinski definition) is 4. The van der Waals surface area contributed by atoms with Crippen LogP contribution in [0.1, 0.15) is 10.4 Å². The Kier molecular flexibility index (Phi) is 2.91. The number of anilines is 2. The van der Waals surface area contributed by atoms with Crippen LogP contribution in [0, 0.1) is 0 Å². The number of aromatic carboxylic acids is 1. The smallest absolute Gasteiger partial charge is 0.337 e. The quantitative estimate of drug-likeness (QED) is 0.704. The van der Waals surface area contributed by atoms with Crippen molar-refractivity contribution in [1.29, 1.82) is 0 Å². The van der Waals surface area contributed by atoms with Gasteiger partial charge in [-0.05, 0) is 30.3 Å². The largest absolute Gasteiger partial charge is 0.508 e. The maximum absolute atomic E-state index is 10.7. The maximum atomic E-state index is 10.7. The van der Waals surface area contributed by atoms with Crippen LogP contribution in [0.4, 0.5) is 11.4 Å². The molecule has 3 N–H and O–H groups in total. The molecule has 2 rings (SSSR count). The Morgan fingerprint density at radius 3 is 2.47 bits per heavy atom. The molecule has 17 heavy (non-hydrogen) atoms. The summed E-state index contributed by atoms with van der Waals surface area (Å²) in [6.07, 6.45) is 2.81. The molecule has 1 aromatic carbocycles. The van der Waals surface area contributed by atoms with Gasteiger partial charge in [0.25, 0.3) is 0 Å². The van der Waals surface area contributed by atoms with Crippen LogP contribution in [-0.4, -0.2) is 21.2 Å². The van der Waals surface area contributed by atoms with Crippen molar-refractivity contribution in [1.82, 2.24) is 4.98 Å². The molecule has 0 aliphatic rings. The van der Waals surface area contributed by atoms with E-state index in [2.05, 4.69) is 10.3 Å². The third-order valence-corrected chi connectivity index (χ3v) is 2.14. The van der Waals surface area contributed by atoms with E-state index in [0.717, 1.165) is 5.69 Å². The fourth-order valence-electron chi connectivity index (χ4n) is 1.34. The number of hydrogen-bond donors (Lipinski definition) is 3. The number of nitrogens with one attached hydrogen (secondary N) is 1. The zero-order valence-electron chi connectivity index (χ0n) is 8.79. The van der Waals surface area contributed by atoms with Crippen LogP contribution in [-0.2, 0) is 0 Å². The highest BCUT2D eigenvalue weighted by molar-refractivity contribution is 5.88. The van der Waals surface area contributed by atoms with E-state index in [1.165, 1.54) is 30.6 Å². The molecule has 0 aliphatic heterocycles. The van der Waals surface area contributed by atoms with Gasteiger partial charge in [-0.1, -0.05) is 0 Å². The number of rotatable bonds is 3. The number of carboxylic acid groups (broad SMARTS) is 1. The molecule has 0 aliphatic carbocycles. The van der Waals surface area contributed by atoms with E-state index in [-0.39, 0.29) is 11.3 Å². The molecule has 0 saturated heterocycles. The Hall–Kier alpha value is -2.56. The molecule has 0 fully saturated rings. The van der Waals surface area contributed by atoms with Crippen LogP contribution in [0.15, 0.2) is 42.7 Å². The summed E-state index contributed by atoms with van der Waals surface area (Å²) in [5.41, 5.74) is 1.44. The van der Waals surface area contributed by atoms with Crippen molar-refractivity contribution in [3.05, 3.63) is 48.3 Å². The fraction of sp³-hybridized carbons (Fsp3) is 0. The Labute approximate surface area is 97.4 Å². The van der Waals surface area contributed by atoms with Gasteiger partial charge in [0.05, 0.1) is 17.4 Å². The molecule has 1 heterocycles. The first-order chi connectivity index (χ1) is 8.15. The van der Waals surface area contributed by atoms with Gasteiger partial charge in [0.1, 0.15) is 5.75 Å². The minimum Gasteiger partial charge on any atom is -0.508 e. The predicted octanol–water partition coefficient (Wildman–Crippen LogP) is 2.23. The van der Waals surface area contributed by atoms with Crippen LogP contribution >= 0.6 is 0 Å². The minimum atomic E-state index is -1.02. The Morgan fingerprint density at radius 2 is 1.82 bits per heavy atom. The highest BCUT2D eigenvalue weighted by atomic mass is 16.4. The van der Waals surface area contributed by atoms with Crippen LogP contribution < -0.4 is 5.32 Å². The number of aromatic nitrogens is 1. The highest BCUT2D eigenvalue weighted by Crippen LogP contribution is 2.19. The van der Waals surface area contributed by atoms with Gasteiger partial charge in [0.15, 0.2) is 0 Å². The Bertz CT molecular complexity index is 538. The van der Waals surface area contributed by atoms with Crippen molar-refractivity contribution >= 4 is 17.3 Å². The second-order valence-corrected chi connectivity index (χ2v) is 3.44. The molecular formula is C12H10N2O3. The summed E-state index contributed by atoms with van der Waals surface area (Å²) in [6.45, 7) is 0. The number of carboxylic acids is 1. The van der Waals surface area contributed by atoms with Crippen molar-refractivity contribution in [2.75, 3.05) is 5.32 Å².